The van der Waals surface area contributed by atoms with Crippen LogP contribution in [0, 0.1) is 0 Å². The Bertz CT molecular complexity index is 1200. The monoisotopic (exact) mass is 441 g/mol. The lowest BCUT2D eigenvalue weighted by Gasteiger charge is -2.07. The van der Waals surface area contributed by atoms with Gasteiger partial charge in [0.15, 0.2) is 0 Å². The van der Waals surface area contributed by atoms with Gasteiger partial charge in [-0.3, -0.25) is 9.48 Å². The molecule has 0 saturated carbocycles. The average Bonchev–Trinajstić information content (AvgIpc) is 3.29. The van der Waals surface area contributed by atoms with Crippen molar-refractivity contribution in [3.05, 3.63) is 102 Å². The number of nitrogens with zero attached hydrogens (tertiary/aromatic N) is 2. The van der Waals surface area contributed by atoms with E-state index in [0.29, 0.717) is 24.3 Å². The number of amides is 1. The summed E-state index contributed by atoms with van der Waals surface area (Å²) in [6, 6.07) is 25.5. The van der Waals surface area contributed by atoms with Crippen molar-refractivity contribution in [1.29, 1.82) is 0 Å². The number of hydrogen-bond acceptors (Lipinski definition) is 4. The van der Waals surface area contributed by atoms with Crippen LogP contribution in [0.5, 0.6) is 11.5 Å². The van der Waals surface area contributed by atoms with Crippen LogP contribution < -0.4 is 14.8 Å². The third-order valence-electron chi connectivity index (χ3n) is 5.40. The number of aromatic nitrogens is 2. The number of carbonyl (C=O) groups excluding carboxylic acids is 1. The van der Waals surface area contributed by atoms with Gasteiger partial charge in [-0.05, 0) is 41.8 Å². The van der Waals surface area contributed by atoms with E-state index in [1.54, 1.807) is 14.2 Å². The molecular weight excluding hydrogens is 414 g/mol. The van der Waals surface area contributed by atoms with Crippen molar-refractivity contribution in [2.45, 2.75) is 13.0 Å². The van der Waals surface area contributed by atoms with Gasteiger partial charge >= 0.3 is 0 Å². The fourth-order valence-electron chi connectivity index (χ4n) is 3.63. The first-order chi connectivity index (χ1) is 16.2. The number of nitrogens with one attached hydrogen (secondary N) is 1. The van der Waals surface area contributed by atoms with E-state index in [9.17, 15) is 4.79 Å². The predicted molar refractivity (Wildman–Crippen MR) is 129 cm³/mol. The SMILES string of the molecule is COc1ccc(CCNC(=O)c2cn(Cc3ccccc3)nc2-c2cccc(OC)c2)cc1. The largest absolute Gasteiger partial charge is 0.497 e. The zero-order valence-electron chi connectivity index (χ0n) is 18.8. The third-order valence-corrected chi connectivity index (χ3v) is 5.40. The predicted octanol–water partition coefficient (Wildman–Crippen LogP) is 4.59. The Balaban J connectivity index is 1.54. The molecule has 0 aliphatic carbocycles. The molecule has 33 heavy (non-hydrogen) atoms. The Hall–Kier alpha value is -4.06. The van der Waals surface area contributed by atoms with Crippen molar-refractivity contribution in [3.8, 4) is 22.8 Å². The molecule has 4 aromatic rings. The average molecular weight is 442 g/mol. The molecule has 0 bridgehead atoms. The summed E-state index contributed by atoms with van der Waals surface area (Å²) in [6.45, 7) is 1.10. The van der Waals surface area contributed by atoms with Gasteiger partial charge in [-0.25, -0.2) is 0 Å². The van der Waals surface area contributed by atoms with Crippen molar-refractivity contribution in [2.24, 2.45) is 0 Å². The maximum Gasteiger partial charge on any atom is 0.255 e. The quantitative estimate of drug-likeness (QED) is 0.413. The van der Waals surface area contributed by atoms with Crippen LogP contribution in [0.2, 0.25) is 0 Å². The maximum absolute atomic E-state index is 13.1. The van der Waals surface area contributed by atoms with Gasteiger partial charge in [0.05, 0.1) is 26.3 Å². The minimum Gasteiger partial charge on any atom is -0.497 e. The molecule has 6 nitrogen and oxygen atoms in total. The molecule has 0 radical (unpaired) electrons. The highest BCUT2D eigenvalue weighted by atomic mass is 16.5. The molecule has 1 aromatic heterocycles. The van der Waals surface area contributed by atoms with Gasteiger partial charge < -0.3 is 14.8 Å². The maximum atomic E-state index is 13.1. The van der Waals surface area contributed by atoms with Crippen LogP contribution in [0.4, 0.5) is 0 Å². The van der Waals surface area contributed by atoms with Crippen LogP contribution in [-0.2, 0) is 13.0 Å². The standard InChI is InChI=1S/C27H27N3O3/c1-32-23-13-11-20(12-14-23)15-16-28-27(31)25-19-30(18-21-7-4-3-5-8-21)29-26(25)22-9-6-10-24(17-22)33-2/h3-14,17,19H,15-16,18H2,1-2H3,(H,28,31). The van der Waals surface area contributed by atoms with E-state index < -0.39 is 0 Å². The molecule has 3 aromatic carbocycles. The highest BCUT2D eigenvalue weighted by Crippen LogP contribution is 2.26. The molecule has 0 aliphatic rings. The van der Waals surface area contributed by atoms with E-state index in [2.05, 4.69) is 5.32 Å². The molecule has 1 heterocycles. The van der Waals surface area contributed by atoms with Gasteiger partial charge in [0, 0.05) is 18.3 Å². The normalized spacial score (nSPS) is 10.6. The van der Waals surface area contributed by atoms with Gasteiger partial charge in [-0.2, -0.15) is 5.10 Å². The first-order valence-electron chi connectivity index (χ1n) is 10.8. The van der Waals surface area contributed by atoms with Gasteiger partial charge in [0.1, 0.15) is 17.2 Å². The Morgan fingerprint density at radius 2 is 1.64 bits per heavy atom. The van der Waals surface area contributed by atoms with E-state index in [-0.39, 0.29) is 5.91 Å². The van der Waals surface area contributed by atoms with Gasteiger partial charge in [0.25, 0.3) is 5.91 Å². The first-order valence-corrected chi connectivity index (χ1v) is 10.8. The Kier molecular flexibility index (Phi) is 7.05. The summed E-state index contributed by atoms with van der Waals surface area (Å²) in [7, 11) is 3.27. The highest BCUT2D eigenvalue weighted by molar-refractivity contribution is 5.99. The van der Waals surface area contributed by atoms with E-state index in [1.807, 2.05) is 89.7 Å². The lowest BCUT2D eigenvalue weighted by Crippen LogP contribution is -2.25. The smallest absolute Gasteiger partial charge is 0.255 e. The molecule has 6 heteroatoms. The number of benzene rings is 3. The molecule has 0 fully saturated rings. The molecular formula is C27H27N3O3. The van der Waals surface area contributed by atoms with Crippen LogP contribution in [0.1, 0.15) is 21.5 Å². The van der Waals surface area contributed by atoms with E-state index in [0.717, 1.165) is 34.6 Å². The second-order valence-electron chi connectivity index (χ2n) is 7.66. The molecule has 4 rings (SSSR count). The zero-order chi connectivity index (χ0) is 23.0. The number of methoxy groups -OCH3 is 2. The van der Waals surface area contributed by atoms with Crippen molar-refractivity contribution in [3.63, 3.8) is 0 Å². The third kappa shape index (κ3) is 5.60. The van der Waals surface area contributed by atoms with Gasteiger partial charge in [-0.15, -0.1) is 0 Å². The van der Waals surface area contributed by atoms with Crippen LogP contribution in [0.25, 0.3) is 11.3 Å². The Labute approximate surface area is 193 Å². The number of rotatable bonds is 9. The lowest BCUT2D eigenvalue weighted by atomic mass is 10.1. The summed E-state index contributed by atoms with van der Waals surface area (Å²) in [5.41, 5.74) is 4.25. The summed E-state index contributed by atoms with van der Waals surface area (Å²) in [6.07, 6.45) is 2.53. The Morgan fingerprint density at radius 1 is 0.879 bits per heavy atom. The summed E-state index contributed by atoms with van der Waals surface area (Å²) in [4.78, 5) is 13.1. The molecule has 0 atom stereocenters. The number of hydrogen-bond donors (Lipinski definition) is 1. The van der Waals surface area contributed by atoms with Crippen LogP contribution in [0.3, 0.4) is 0 Å². The minimum absolute atomic E-state index is 0.152. The molecule has 0 unspecified atom stereocenters. The first kappa shape index (κ1) is 22.1. The van der Waals surface area contributed by atoms with Gasteiger partial charge in [0.2, 0.25) is 0 Å². The van der Waals surface area contributed by atoms with E-state index in [4.69, 9.17) is 14.6 Å². The fraction of sp³-hybridized carbons (Fsp3) is 0.185. The molecule has 1 amide bonds. The number of carbonyl (C=O) groups is 1. The topological polar surface area (TPSA) is 65.4 Å². The highest BCUT2D eigenvalue weighted by Gasteiger charge is 2.18. The van der Waals surface area contributed by atoms with Crippen molar-refractivity contribution >= 4 is 5.91 Å². The zero-order valence-corrected chi connectivity index (χ0v) is 18.8. The number of ether oxygens (including phenoxy) is 2. The second-order valence-corrected chi connectivity index (χ2v) is 7.66. The Morgan fingerprint density at radius 3 is 2.36 bits per heavy atom. The van der Waals surface area contributed by atoms with E-state index in [1.165, 1.54) is 0 Å². The fourth-order valence-corrected chi connectivity index (χ4v) is 3.63. The minimum atomic E-state index is -0.152. The summed E-state index contributed by atoms with van der Waals surface area (Å²) in [5.74, 6) is 1.38. The van der Waals surface area contributed by atoms with Crippen molar-refractivity contribution < 1.29 is 14.3 Å². The molecule has 0 saturated heterocycles. The summed E-state index contributed by atoms with van der Waals surface area (Å²) >= 11 is 0. The van der Waals surface area contributed by atoms with Crippen molar-refractivity contribution in [2.75, 3.05) is 20.8 Å². The molecule has 0 aliphatic heterocycles. The van der Waals surface area contributed by atoms with Crippen LogP contribution in [-0.4, -0.2) is 36.5 Å². The summed E-state index contributed by atoms with van der Waals surface area (Å²) in [5, 5.41) is 7.78. The van der Waals surface area contributed by atoms with Crippen molar-refractivity contribution in [1.82, 2.24) is 15.1 Å². The second kappa shape index (κ2) is 10.5. The van der Waals surface area contributed by atoms with E-state index >= 15 is 0 Å². The van der Waals surface area contributed by atoms with Gasteiger partial charge in [-0.1, -0.05) is 54.6 Å². The van der Waals surface area contributed by atoms with Crippen LogP contribution >= 0.6 is 0 Å². The molecule has 0 spiro atoms. The molecule has 1 N–H and O–H groups in total. The lowest BCUT2D eigenvalue weighted by molar-refractivity contribution is 0.0954. The van der Waals surface area contributed by atoms with Crippen LogP contribution in [0.15, 0.2) is 85.1 Å². The molecule has 168 valence electrons. The summed E-state index contributed by atoms with van der Waals surface area (Å²) < 4.78 is 12.4.